The van der Waals surface area contributed by atoms with E-state index in [1.54, 1.807) is 7.11 Å². The highest BCUT2D eigenvalue weighted by atomic mass is 32.1. The van der Waals surface area contributed by atoms with Crippen LogP contribution in [0.1, 0.15) is 20.3 Å². The van der Waals surface area contributed by atoms with Gasteiger partial charge < -0.3 is 15.0 Å². The molecular formula is C11H22N2OS. The van der Waals surface area contributed by atoms with Gasteiger partial charge in [0.05, 0.1) is 6.61 Å². The maximum atomic E-state index is 5.35. The predicted octanol–water partition coefficient (Wildman–Crippen LogP) is 1.49. The Hall–Kier alpha value is -0.350. The van der Waals surface area contributed by atoms with Gasteiger partial charge in [0.15, 0.2) is 5.11 Å². The van der Waals surface area contributed by atoms with Crippen LogP contribution in [-0.2, 0) is 4.74 Å². The Morgan fingerprint density at radius 1 is 1.40 bits per heavy atom. The second kappa shape index (κ2) is 6.28. The predicted molar refractivity (Wildman–Crippen MR) is 67.0 cm³/mol. The number of hydrogen-bond donors (Lipinski definition) is 1. The van der Waals surface area contributed by atoms with Gasteiger partial charge in [0.25, 0.3) is 0 Å². The third-order valence-corrected chi connectivity index (χ3v) is 3.14. The van der Waals surface area contributed by atoms with Crippen molar-refractivity contribution in [3.63, 3.8) is 0 Å². The molecule has 15 heavy (non-hydrogen) atoms. The van der Waals surface area contributed by atoms with Crippen LogP contribution in [0.5, 0.6) is 0 Å². The minimum Gasteiger partial charge on any atom is -0.383 e. The summed E-state index contributed by atoms with van der Waals surface area (Å²) in [6.45, 7) is 8.26. The van der Waals surface area contributed by atoms with E-state index in [4.69, 9.17) is 17.0 Å². The molecule has 1 heterocycles. The van der Waals surface area contributed by atoms with Crippen molar-refractivity contribution in [3.8, 4) is 0 Å². The SMILES string of the molecule is COCCNC(=S)N1CC(C)CC(C)C1. The van der Waals surface area contributed by atoms with Gasteiger partial charge in [-0.1, -0.05) is 13.8 Å². The smallest absolute Gasteiger partial charge is 0.169 e. The number of nitrogens with one attached hydrogen (secondary N) is 1. The molecular weight excluding hydrogens is 208 g/mol. The molecule has 0 aromatic rings. The number of piperidine rings is 1. The quantitative estimate of drug-likeness (QED) is 0.586. The molecule has 2 atom stereocenters. The molecule has 0 aromatic carbocycles. The fourth-order valence-corrected chi connectivity index (χ4v) is 2.45. The summed E-state index contributed by atoms with van der Waals surface area (Å²) in [4.78, 5) is 2.28. The molecule has 2 unspecified atom stereocenters. The van der Waals surface area contributed by atoms with E-state index < -0.39 is 0 Å². The Balaban J connectivity index is 2.31. The average molecular weight is 230 g/mol. The van der Waals surface area contributed by atoms with Crippen LogP contribution in [-0.4, -0.2) is 43.4 Å². The van der Waals surface area contributed by atoms with Crippen LogP contribution in [0, 0.1) is 11.8 Å². The van der Waals surface area contributed by atoms with Crippen LogP contribution < -0.4 is 5.32 Å². The van der Waals surface area contributed by atoms with E-state index in [0.717, 1.165) is 36.6 Å². The molecule has 0 aromatic heterocycles. The molecule has 1 saturated heterocycles. The van der Waals surface area contributed by atoms with E-state index in [0.29, 0.717) is 6.61 Å². The highest BCUT2D eigenvalue weighted by Crippen LogP contribution is 2.20. The standard InChI is InChI=1S/C11H22N2OS/c1-9-6-10(2)8-13(7-9)11(15)12-4-5-14-3/h9-10H,4-8H2,1-3H3,(H,12,15). The third-order valence-electron chi connectivity index (χ3n) is 2.74. The van der Waals surface area contributed by atoms with Crippen LogP contribution in [0.25, 0.3) is 0 Å². The number of thiocarbonyl (C=S) groups is 1. The number of methoxy groups -OCH3 is 1. The molecule has 0 amide bonds. The molecule has 1 rings (SSSR count). The second-order valence-electron chi connectivity index (χ2n) is 4.58. The largest absolute Gasteiger partial charge is 0.383 e. The summed E-state index contributed by atoms with van der Waals surface area (Å²) in [7, 11) is 1.70. The van der Waals surface area contributed by atoms with Gasteiger partial charge in [-0.05, 0) is 30.5 Å². The van der Waals surface area contributed by atoms with Gasteiger partial charge >= 0.3 is 0 Å². The molecule has 4 heteroatoms. The number of rotatable bonds is 3. The molecule has 1 aliphatic rings. The lowest BCUT2D eigenvalue weighted by molar-refractivity contribution is 0.195. The number of likely N-dealkylation sites (tertiary alicyclic amines) is 1. The van der Waals surface area contributed by atoms with Crippen LogP contribution in [0.15, 0.2) is 0 Å². The minimum atomic E-state index is 0.707. The first-order valence-corrected chi connectivity index (χ1v) is 6.06. The highest BCUT2D eigenvalue weighted by molar-refractivity contribution is 7.80. The first kappa shape index (κ1) is 12.7. The van der Waals surface area contributed by atoms with Gasteiger partial charge in [0, 0.05) is 26.7 Å². The monoisotopic (exact) mass is 230 g/mol. The van der Waals surface area contributed by atoms with Crippen molar-refractivity contribution in [2.45, 2.75) is 20.3 Å². The van der Waals surface area contributed by atoms with Gasteiger partial charge in [-0.25, -0.2) is 0 Å². The van der Waals surface area contributed by atoms with E-state index in [2.05, 4.69) is 24.1 Å². The normalized spacial score (nSPS) is 26.5. The van der Waals surface area contributed by atoms with E-state index >= 15 is 0 Å². The van der Waals surface area contributed by atoms with Gasteiger partial charge in [-0.2, -0.15) is 0 Å². The van der Waals surface area contributed by atoms with Crippen molar-refractivity contribution in [1.82, 2.24) is 10.2 Å². The van der Waals surface area contributed by atoms with Crippen molar-refractivity contribution >= 4 is 17.3 Å². The lowest BCUT2D eigenvalue weighted by atomic mass is 9.92. The van der Waals surface area contributed by atoms with E-state index in [-0.39, 0.29) is 0 Å². The molecule has 1 aliphatic heterocycles. The maximum absolute atomic E-state index is 5.35. The van der Waals surface area contributed by atoms with Gasteiger partial charge in [-0.15, -0.1) is 0 Å². The zero-order valence-corrected chi connectivity index (χ0v) is 10.8. The molecule has 1 fully saturated rings. The van der Waals surface area contributed by atoms with Crippen LogP contribution in [0.4, 0.5) is 0 Å². The summed E-state index contributed by atoms with van der Waals surface area (Å²) in [6, 6.07) is 0. The fourth-order valence-electron chi connectivity index (χ4n) is 2.20. The topological polar surface area (TPSA) is 24.5 Å². The summed E-state index contributed by atoms with van der Waals surface area (Å²) in [5.74, 6) is 1.49. The first-order valence-electron chi connectivity index (χ1n) is 5.65. The molecule has 1 N–H and O–H groups in total. The van der Waals surface area contributed by atoms with E-state index in [1.165, 1.54) is 6.42 Å². The number of nitrogens with zero attached hydrogens (tertiary/aromatic N) is 1. The van der Waals surface area contributed by atoms with Crippen molar-refractivity contribution in [2.24, 2.45) is 11.8 Å². The van der Waals surface area contributed by atoms with Crippen LogP contribution >= 0.6 is 12.2 Å². The maximum Gasteiger partial charge on any atom is 0.169 e. The van der Waals surface area contributed by atoms with Crippen LogP contribution in [0.3, 0.4) is 0 Å². The van der Waals surface area contributed by atoms with Crippen LogP contribution in [0.2, 0.25) is 0 Å². The Kier molecular flexibility index (Phi) is 5.32. The molecule has 0 spiro atoms. The van der Waals surface area contributed by atoms with Gasteiger partial charge in [0.1, 0.15) is 0 Å². The first-order chi connectivity index (χ1) is 7.13. The lowest BCUT2D eigenvalue weighted by Gasteiger charge is -2.36. The highest BCUT2D eigenvalue weighted by Gasteiger charge is 2.22. The zero-order valence-electron chi connectivity index (χ0n) is 9.95. The Bertz CT molecular complexity index is 201. The zero-order chi connectivity index (χ0) is 11.3. The Labute approximate surface area is 98.2 Å². The van der Waals surface area contributed by atoms with Crippen molar-refractivity contribution in [3.05, 3.63) is 0 Å². The van der Waals surface area contributed by atoms with E-state index in [1.807, 2.05) is 0 Å². The summed E-state index contributed by atoms with van der Waals surface area (Å²) in [5, 5.41) is 4.11. The molecule has 0 saturated carbocycles. The summed E-state index contributed by atoms with van der Waals surface area (Å²) >= 11 is 5.35. The van der Waals surface area contributed by atoms with Crippen molar-refractivity contribution < 1.29 is 4.74 Å². The van der Waals surface area contributed by atoms with Gasteiger partial charge in [-0.3, -0.25) is 0 Å². The molecule has 0 aliphatic carbocycles. The Morgan fingerprint density at radius 2 is 2.00 bits per heavy atom. The Morgan fingerprint density at radius 3 is 2.53 bits per heavy atom. The lowest BCUT2D eigenvalue weighted by Crippen LogP contribution is -2.47. The van der Waals surface area contributed by atoms with Gasteiger partial charge in [0.2, 0.25) is 0 Å². The second-order valence-corrected chi connectivity index (χ2v) is 4.96. The average Bonchev–Trinajstić information content (AvgIpc) is 2.16. The van der Waals surface area contributed by atoms with Crippen molar-refractivity contribution in [1.29, 1.82) is 0 Å². The van der Waals surface area contributed by atoms with Crippen molar-refractivity contribution in [2.75, 3.05) is 33.4 Å². The summed E-state index contributed by atoms with van der Waals surface area (Å²) in [6.07, 6.45) is 1.32. The molecule has 0 bridgehead atoms. The molecule has 0 radical (unpaired) electrons. The number of ether oxygens (including phenoxy) is 1. The minimum absolute atomic E-state index is 0.707. The van der Waals surface area contributed by atoms with E-state index in [9.17, 15) is 0 Å². The fraction of sp³-hybridized carbons (Fsp3) is 0.909. The molecule has 88 valence electrons. The summed E-state index contributed by atoms with van der Waals surface area (Å²) in [5.41, 5.74) is 0. The molecule has 3 nitrogen and oxygen atoms in total. The number of hydrogen-bond acceptors (Lipinski definition) is 2. The third kappa shape index (κ3) is 4.34. The summed E-state index contributed by atoms with van der Waals surface area (Å²) < 4.78 is 4.98.